The second-order valence-corrected chi connectivity index (χ2v) is 27.4. The maximum atomic E-state index is 7.51. The second kappa shape index (κ2) is 24.2. The molecule has 3 aliphatic rings. The molecule has 3 aliphatic carbocycles. The number of hydrogen-bond donors (Lipinski definition) is 0. The van der Waals surface area contributed by atoms with Crippen molar-refractivity contribution in [3.8, 4) is 83.6 Å². The monoisotopic (exact) mass is 1290 g/mol. The lowest BCUT2D eigenvalue weighted by atomic mass is 9.86. The Hall–Kier alpha value is -12.6. The number of hydrogen-bond acceptors (Lipinski definition) is 2. The van der Waals surface area contributed by atoms with Crippen molar-refractivity contribution in [2.45, 2.75) is 38.5 Å². The molecule has 0 fully saturated rings. The Morgan fingerprint density at radius 3 is 1.14 bits per heavy atom. The van der Waals surface area contributed by atoms with Gasteiger partial charge < -0.3 is 13.4 Å². The number of rotatable bonds is 11. The third-order valence-electron chi connectivity index (χ3n) is 21.4. The van der Waals surface area contributed by atoms with Gasteiger partial charge in [0.2, 0.25) is 0 Å². The summed E-state index contributed by atoms with van der Waals surface area (Å²) in [5.74, 6) is 0. The molecule has 0 saturated heterocycles. The van der Waals surface area contributed by atoms with Gasteiger partial charge >= 0.3 is 0 Å². The summed E-state index contributed by atoms with van der Waals surface area (Å²) in [7, 11) is 0. The molecule has 3 nitrogen and oxygen atoms in total. The second-order valence-electron chi connectivity index (χ2n) is 27.4. The standard InChI is InChI=1S/C98H67NO2/c1-8-27-62(28-9-1)72-54-81(66-35-16-5-17-36-66)95-87(58-72)89-60-74(64-31-12-3-13-32-64)56-83(97(89)100-95)69-47-49-91-85(52-69)86-53-70(48-50-92(86)99(91)76-42-26-41-71(51-76)94-79-45-24-22-43-77(79)93(68-39-20-7-21-40-68)78-44-23-25-46-80(78)94)84-57-75(65-33-14-4-15-34-65)61-90-88-59-73(63-29-10-2-11-30-63)55-82(96(88)101-98(84)90)67-37-18-6-19-38-67/h1,3,5-10,12-14,16,18-35,37-61H,2,4,11,15,17,36H2. The van der Waals surface area contributed by atoms with E-state index in [2.05, 4.69) is 338 Å². The van der Waals surface area contributed by atoms with Gasteiger partial charge in [0.05, 0.1) is 11.0 Å². The number of allylic oxidation sites excluding steroid dienone is 12. The molecular weight excluding hydrogens is 1220 g/mol. The Kier molecular flexibility index (Phi) is 14.0. The maximum absolute atomic E-state index is 7.51. The van der Waals surface area contributed by atoms with E-state index in [0.29, 0.717) is 0 Å². The highest BCUT2D eigenvalue weighted by Gasteiger charge is 2.26. The van der Waals surface area contributed by atoms with E-state index >= 15 is 0 Å². The van der Waals surface area contributed by atoms with Crippen LogP contribution in [0.25, 0.3) is 188 Å². The van der Waals surface area contributed by atoms with Gasteiger partial charge in [-0.2, -0.15) is 0 Å². The lowest BCUT2D eigenvalue weighted by molar-refractivity contribution is 0.668. The van der Waals surface area contributed by atoms with Crippen LogP contribution in [0, 0.1) is 0 Å². The highest BCUT2D eigenvalue weighted by Crippen LogP contribution is 2.50. The van der Waals surface area contributed by atoms with Crippen molar-refractivity contribution in [2.24, 2.45) is 0 Å². The first-order valence-electron chi connectivity index (χ1n) is 35.6. The average molecular weight is 1290 g/mol. The van der Waals surface area contributed by atoms with Gasteiger partial charge in [0.15, 0.2) is 0 Å². The molecule has 17 aromatic rings. The topological polar surface area (TPSA) is 31.2 Å². The highest BCUT2D eigenvalue weighted by molar-refractivity contribution is 6.23. The minimum absolute atomic E-state index is 0.872. The highest BCUT2D eigenvalue weighted by atomic mass is 16.3. The predicted molar refractivity (Wildman–Crippen MR) is 427 cm³/mol. The maximum Gasteiger partial charge on any atom is 0.143 e. The fraction of sp³-hybridized carbons (Fsp3) is 0.0612. The first-order valence-corrected chi connectivity index (χ1v) is 35.6. The van der Waals surface area contributed by atoms with E-state index < -0.39 is 0 Å². The number of nitrogens with zero attached hydrogens (tertiary/aromatic N) is 1. The lowest BCUT2D eigenvalue weighted by Gasteiger charge is -2.18. The van der Waals surface area contributed by atoms with Crippen LogP contribution in [0.4, 0.5) is 0 Å². The van der Waals surface area contributed by atoms with Crippen LogP contribution in [-0.2, 0) is 0 Å². The van der Waals surface area contributed by atoms with E-state index in [-0.39, 0.29) is 0 Å². The van der Waals surface area contributed by atoms with E-state index in [4.69, 9.17) is 8.83 Å². The van der Waals surface area contributed by atoms with Crippen molar-refractivity contribution in [1.82, 2.24) is 4.57 Å². The van der Waals surface area contributed by atoms with Gasteiger partial charge in [-0.1, -0.05) is 249 Å². The summed E-state index contributed by atoms with van der Waals surface area (Å²) in [6, 6.07) is 104. The Morgan fingerprint density at radius 2 is 0.663 bits per heavy atom. The lowest BCUT2D eigenvalue weighted by Crippen LogP contribution is -1.96. The summed E-state index contributed by atoms with van der Waals surface area (Å²) in [6.07, 6.45) is 26.8. The molecule has 476 valence electrons. The first-order chi connectivity index (χ1) is 50.1. The van der Waals surface area contributed by atoms with Crippen molar-refractivity contribution in [1.29, 1.82) is 0 Å². The van der Waals surface area contributed by atoms with Gasteiger partial charge in [0, 0.05) is 60.3 Å². The molecule has 0 saturated carbocycles. The molecule has 20 rings (SSSR count). The molecule has 3 heterocycles. The van der Waals surface area contributed by atoms with Crippen LogP contribution in [-0.4, -0.2) is 4.57 Å². The van der Waals surface area contributed by atoms with Crippen LogP contribution in [0.15, 0.2) is 343 Å². The normalized spacial score (nSPS) is 14.0. The summed E-state index contributed by atoms with van der Waals surface area (Å²) in [5, 5.41) is 11.6. The van der Waals surface area contributed by atoms with Crippen LogP contribution in [0.5, 0.6) is 0 Å². The molecule has 101 heavy (non-hydrogen) atoms. The Bertz CT molecular complexity index is 6400. The van der Waals surface area contributed by atoms with Gasteiger partial charge in [-0.25, -0.2) is 0 Å². The van der Waals surface area contributed by atoms with E-state index in [9.17, 15) is 0 Å². The Morgan fingerprint density at radius 1 is 0.257 bits per heavy atom. The largest absolute Gasteiger partial charge is 0.455 e. The van der Waals surface area contributed by atoms with E-state index in [1.165, 1.54) is 77.2 Å². The number of benzene rings is 14. The molecule has 0 unspecified atom stereocenters. The van der Waals surface area contributed by atoms with Gasteiger partial charge in [0.1, 0.15) is 22.3 Å². The molecular formula is C98H67NO2. The van der Waals surface area contributed by atoms with Crippen molar-refractivity contribution < 1.29 is 8.83 Å². The van der Waals surface area contributed by atoms with Gasteiger partial charge in [-0.3, -0.25) is 0 Å². The summed E-state index contributed by atoms with van der Waals surface area (Å²) >= 11 is 0. The molecule has 0 N–H and O–H groups in total. The predicted octanol–water partition coefficient (Wildman–Crippen LogP) is 27.8. The number of aromatic nitrogens is 1. The Labute approximate surface area is 586 Å². The van der Waals surface area contributed by atoms with E-state index in [0.717, 1.165) is 166 Å². The van der Waals surface area contributed by atoms with E-state index in [1.807, 2.05) is 0 Å². The molecule has 14 aromatic carbocycles. The SMILES string of the molecule is C1=CCCC(c2cc(-c3ccccc3)cc3c2oc2c(-c4ccc5c(c4)c4cc(-c6cc(C7=CCCC=C7)cc7c6oc6c(-c8ccccc8)cc(C8=CCCC=C8)cc67)ccc4n5-c4cccc(-c5c6ccccc6c(-c6ccccc6)c6ccccc56)c4)cc(-c4ccccc4)cc23)=C1. The van der Waals surface area contributed by atoms with Crippen LogP contribution in [0.2, 0.25) is 0 Å². The van der Waals surface area contributed by atoms with Crippen LogP contribution in [0.1, 0.15) is 55.2 Å². The van der Waals surface area contributed by atoms with Crippen molar-refractivity contribution in [2.75, 3.05) is 0 Å². The van der Waals surface area contributed by atoms with Gasteiger partial charge in [-0.15, -0.1) is 0 Å². The number of fused-ring (bicyclic) bond motifs is 11. The summed E-state index contributed by atoms with van der Waals surface area (Å²) in [6.45, 7) is 0. The zero-order chi connectivity index (χ0) is 66.5. The minimum Gasteiger partial charge on any atom is -0.455 e. The van der Waals surface area contributed by atoms with Crippen molar-refractivity contribution in [3.05, 3.63) is 350 Å². The van der Waals surface area contributed by atoms with Crippen LogP contribution < -0.4 is 0 Å². The smallest absolute Gasteiger partial charge is 0.143 e. The van der Waals surface area contributed by atoms with Gasteiger partial charge in [-0.05, 0) is 234 Å². The average Bonchev–Trinajstić information content (AvgIpc) is 0.925. The third-order valence-corrected chi connectivity index (χ3v) is 21.4. The molecule has 3 heteroatoms. The van der Waals surface area contributed by atoms with Crippen LogP contribution in [0.3, 0.4) is 0 Å². The first kappa shape index (κ1) is 58.6. The fourth-order valence-electron chi connectivity index (χ4n) is 16.7. The third kappa shape index (κ3) is 9.94. The summed E-state index contributed by atoms with van der Waals surface area (Å²) < 4.78 is 17.5. The Balaban J connectivity index is 0.855. The van der Waals surface area contributed by atoms with E-state index in [1.54, 1.807) is 0 Å². The summed E-state index contributed by atoms with van der Waals surface area (Å²) in [4.78, 5) is 0. The van der Waals surface area contributed by atoms with Crippen molar-refractivity contribution >= 4 is 104 Å². The molecule has 0 spiro atoms. The van der Waals surface area contributed by atoms with Crippen molar-refractivity contribution in [3.63, 3.8) is 0 Å². The molecule has 0 amide bonds. The quantitative estimate of drug-likeness (QED) is 0.121. The molecule has 0 atom stereocenters. The minimum atomic E-state index is 0.872. The zero-order valence-corrected chi connectivity index (χ0v) is 55.8. The molecule has 3 aromatic heterocycles. The van der Waals surface area contributed by atoms with Crippen LogP contribution >= 0.6 is 0 Å². The number of furan rings is 2. The molecule has 0 bridgehead atoms. The van der Waals surface area contributed by atoms with Gasteiger partial charge in [0.25, 0.3) is 0 Å². The molecule has 0 radical (unpaired) electrons. The zero-order valence-electron chi connectivity index (χ0n) is 55.8. The molecule has 0 aliphatic heterocycles. The fourth-order valence-corrected chi connectivity index (χ4v) is 16.7. The summed E-state index contributed by atoms with van der Waals surface area (Å²) in [5.41, 5.74) is 30.1.